The quantitative estimate of drug-likeness (QED) is 0.316. The number of nitrogens with zero attached hydrogens (tertiary/aromatic N) is 3. The van der Waals surface area contributed by atoms with E-state index in [1.54, 1.807) is 43.3 Å². The number of anilines is 1. The smallest absolute Gasteiger partial charge is 0.281 e. The third kappa shape index (κ3) is 4.64. The van der Waals surface area contributed by atoms with Gasteiger partial charge in [0.1, 0.15) is 12.2 Å². The highest BCUT2D eigenvalue weighted by atomic mass is 35.5. The van der Waals surface area contributed by atoms with Gasteiger partial charge in [-0.25, -0.2) is 0 Å². The predicted octanol–water partition coefficient (Wildman–Crippen LogP) is 3.66. The molecule has 0 spiro atoms. The number of para-hydroxylation sites is 1. The summed E-state index contributed by atoms with van der Waals surface area (Å²) in [5.74, 6) is -0.338. The Kier molecular flexibility index (Phi) is 6.78. The molecule has 33 heavy (non-hydrogen) atoms. The highest BCUT2D eigenvalue weighted by molar-refractivity contribution is 7.80. The number of aromatic nitrogens is 1. The van der Waals surface area contributed by atoms with Crippen molar-refractivity contribution in [2.75, 3.05) is 32.2 Å². The second-order valence-electron chi connectivity index (χ2n) is 7.56. The van der Waals surface area contributed by atoms with Crippen LogP contribution in [0.1, 0.15) is 5.56 Å². The molecule has 0 atom stereocenters. The molecule has 1 aromatic heterocycles. The molecule has 0 aliphatic carbocycles. The molecule has 2 amide bonds. The lowest BCUT2D eigenvalue weighted by atomic mass is 10.1. The molecule has 1 aliphatic rings. The molecule has 0 bridgehead atoms. The van der Waals surface area contributed by atoms with Gasteiger partial charge in [0.25, 0.3) is 5.91 Å². The Labute approximate surface area is 202 Å². The van der Waals surface area contributed by atoms with Crippen molar-refractivity contribution >= 4 is 63.4 Å². The van der Waals surface area contributed by atoms with Gasteiger partial charge in [-0.2, -0.15) is 0 Å². The molecule has 4 rings (SSSR count). The maximum Gasteiger partial charge on any atom is 0.281 e. The van der Waals surface area contributed by atoms with E-state index in [-0.39, 0.29) is 18.4 Å². The van der Waals surface area contributed by atoms with Crippen LogP contribution in [0, 0.1) is 0 Å². The molecule has 9 heteroatoms. The number of benzene rings is 2. The molecule has 0 radical (unpaired) electrons. The summed E-state index contributed by atoms with van der Waals surface area (Å²) in [5, 5.41) is 4.74. The Bertz CT molecular complexity index is 1250. The van der Waals surface area contributed by atoms with Crippen molar-refractivity contribution in [2.24, 2.45) is 0 Å². The fraction of sp³-hybridized carbons (Fsp3) is 0.208. The molecule has 2 aromatic carbocycles. The van der Waals surface area contributed by atoms with Crippen LogP contribution >= 0.6 is 23.8 Å². The fourth-order valence-electron chi connectivity index (χ4n) is 3.75. The zero-order valence-electron chi connectivity index (χ0n) is 18.2. The third-order valence-corrected chi connectivity index (χ3v) is 6.11. The summed E-state index contributed by atoms with van der Waals surface area (Å²) < 4.78 is 6.85. The lowest BCUT2D eigenvalue weighted by Crippen LogP contribution is -2.31. The van der Waals surface area contributed by atoms with E-state index in [0.29, 0.717) is 34.7 Å². The number of hydrogen-bond donors (Lipinski definition) is 1. The fourth-order valence-corrected chi connectivity index (χ4v) is 4.16. The summed E-state index contributed by atoms with van der Waals surface area (Å²) in [6.45, 7) is 1.06. The zero-order chi connectivity index (χ0) is 23.5. The van der Waals surface area contributed by atoms with Crippen molar-refractivity contribution in [1.82, 2.24) is 14.8 Å². The van der Waals surface area contributed by atoms with Crippen molar-refractivity contribution in [3.8, 4) is 0 Å². The van der Waals surface area contributed by atoms with Crippen molar-refractivity contribution < 1.29 is 14.3 Å². The summed E-state index contributed by atoms with van der Waals surface area (Å²) >= 11 is 11.5. The molecule has 3 aromatic rings. The topological polar surface area (TPSA) is 66.8 Å². The third-order valence-electron chi connectivity index (χ3n) is 5.40. The van der Waals surface area contributed by atoms with E-state index >= 15 is 0 Å². The first-order valence-electron chi connectivity index (χ1n) is 10.3. The maximum absolute atomic E-state index is 13.3. The van der Waals surface area contributed by atoms with E-state index in [1.165, 1.54) is 4.90 Å². The van der Waals surface area contributed by atoms with Gasteiger partial charge in [-0.1, -0.05) is 29.8 Å². The number of ether oxygens (including phenoxy) is 1. The van der Waals surface area contributed by atoms with E-state index in [4.69, 9.17) is 28.6 Å². The standard InChI is InChI=1S/C24H23ClN4O3S/c1-27-21(23(31)29(24(27)33)18-9-7-17(25)8-10-18)13-16-14-28(15-22(30)26-11-12-32-2)20-6-4-3-5-19(16)20/h3-10,13-14H,11-12,15H2,1-2H3,(H,26,30)/b21-13-. The Balaban J connectivity index is 1.67. The van der Waals surface area contributed by atoms with E-state index in [0.717, 1.165) is 16.5 Å². The average Bonchev–Trinajstić information content (AvgIpc) is 3.25. The number of methoxy groups -OCH3 is 1. The van der Waals surface area contributed by atoms with Gasteiger partial charge in [0, 0.05) is 48.4 Å². The molecule has 0 saturated carbocycles. The van der Waals surface area contributed by atoms with Crippen molar-refractivity contribution in [1.29, 1.82) is 0 Å². The van der Waals surface area contributed by atoms with Crippen LogP contribution < -0.4 is 10.2 Å². The Morgan fingerprint density at radius 2 is 1.91 bits per heavy atom. The number of carbonyl (C=O) groups excluding carboxylic acids is 2. The van der Waals surface area contributed by atoms with E-state index in [9.17, 15) is 9.59 Å². The van der Waals surface area contributed by atoms with E-state index in [2.05, 4.69) is 5.32 Å². The summed E-state index contributed by atoms with van der Waals surface area (Å²) in [7, 11) is 3.36. The van der Waals surface area contributed by atoms with Gasteiger partial charge in [-0.05, 0) is 48.6 Å². The Morgan fingerprint density at radius 3 is 2.64 bits per heavy atom. The van der Waals surface area contributed by atoms with Crippen LogP contribution in [0.5, 0.6) is 0 Å². The number of nitrogens with one attached hydrogen (secondary N) is 1. The van der Waals surface area contributed by atoms with E-state index in [1.807, 2.05) is 41.1 Å². The number of halogens is 1. The highest BCUT2D eigenvalue weighted by Gasteiger charge is 2.37. The Hall–Kier alpha value is -3.20. The summed E-state index contributed by atoms with van der Waals surface area (Å²) in [6.07, 6.45) is 3.69. The van der Waals surface area contributed by atoms with Crippen molar-refractivity contribution in [2.45, 2.75) is 6.54 Å². The molecule has 7 nitrogen and oxygen atoms in total. The lowest BCUT2D eigenvalue weighted by molar-refractivity contribution is -0.121. The maximum atomic E-state index is 13.3. The second kappa shape index (κ2) is 9.74. The van der Waals surface area contributed by atoms with Crippen LogP contribution in [0.4, 0.5) is 5.69 Å². The molecule has 1 fully saturated rings. The second-order valence-corrected chi connectivity index (χ2v) is 8.36. The van der Waals surface area contributed by atoms with Crippen LogP contribution in [0.3, 0.4) is 0 Å². The van der Waals surface area contributed by atoms with Crippen LogP contribution in [-0.4, -0.2) is 53.7 Å². The SMILES string of the molecule is COCCNC(=O)Cn1cc(/C=C2/C(=O)N(c3ccc(Cl)cc3)C(=S)N2C)c2ccccc21. The number of amides is 2. The predicted molar refractivity (Wildman–Crippen MR) is 134 cm³/mol. The number of hydrogen-bond acceptors (Lipinski definition) is 4. The summed E-state index contributed by atoms with van der Waals surface area (Å²) in [4.78, 5) is 28.8. The van der Waals surface area contributed by atoms with Crippen molar-refractivity contribution in [3.05, 3.63) is 71.0 Å². The summed E-state index contributed by atoms with van der Waals surface area (Å²) in [5.41, 5.74) is 2.82. The van der Waals surface area contributed by atoms with Gasteiger partial charge in [0.2, 0.25) is 5.91 Å². The molecule has 0 unspecified atom stereocenters. The number of thiocarbonyl (C=S) groups is 1. The normalized spacial score (nSPS) is 15.2. The molecule has 1 saturated heterocycles. The van der Waals surface area contributed by atoms with Crippen LogP contribution in [0.2, 0.25) is 5.02 Å². The highest BCUT2D eigenvalue weighted by Crippen LogP contribution is 2.31. The van der Waals surface area contributed by atoms with Gasteiger partial charge in [0.05, 0.1) is 12.3 Å². The minimum Gasteiger partial charge on any atom is -0.383 e. The number of carbonyl (C=O) groups is 2. The minimum absolute atomic E-state index is 0.115. The van der Waals surface area contributed by atoms with Gasteiger partial charge in [-0.3, -0.25) is 14.5 Å². The van der Waals surface area contributed by atoms with Crippen molar-refractivity contribution in [3.63, 3.8) is 0 Å². The molecule has 170 valence electrons. The van der Waals surface area contributed by atoms with Crippen LogP contribution in [-0.2, 0) is 20.9 Å². The first-order valence-corrected chi connectivity index (χ1v) is 11.1. The van der Waals surface area contributed by atoms with Crippen LogP contribution in [0.15, 0.2) is 60.4 Å². The van der Waals surface area contributed by atoms with Gasteiger partial charge in [0.15, 0.2) is 5.11 Å². The first-order chi connectivity index (χ1) is 15.9. The first kappa shape index (κ1) is 23.0. The van der Waals surface area contributed by atoms with Gasteiger partial charge < -0.3 is 19.5 Å². The lowest BCUT2D eigenvalue weighted by Gasteiger charge is -2.16. The molecular weight excluding hydrogens is 460 g/mol. The number of fused-ring (bicyclic) bond motifs is 1. The average molecular weight is 483 g/mol. The van der Waals surface area contributed by atoms with Gasteiger partial charge >= 0.3 is 0 Å². The minimum atomic E-state index is -0.223. The van der Waals surface area contributed by atoms with Gasteiger partial charge in [-0.15, -0.1) is 0 Å². The molecule has 1 aliphatic heterocycles. The number of likely N-dealkylation sites (N-methyl/N-ethyl adjacent to an activating group) is 1. The van der Waals surface area contributed by atoms with E-state index < -0.39 is 0 Å². The molecule has 1 N–H and O–H groups in total. The molecular formula is C24H23ClN4O3S. The summed E-state index contributed by atoms with van der Waals surface area (Å²) in [6, 6.07) is 14.7. The largest absolute Gasteiger partial charge is 0.383 e. The monoisotopic (exact) mass is 482 g/mol. The molecule has 2 heterocycles. The zero-order valence-corrected chi connectivity index (χ0v) is 19.8. The Morgan fingerprint density at radius 1 is 1.18 bits per heavy atom. The van der Waals surface area contributed by atoms with Crippen LogP contribution in [0.25, 0.3) is 17.0 Å². The number of rotatable bonds is 7.